The summed E-state index contributed by atoms with van der Waals surface area (Å²) in [6.45, 7) is 1.05. The van der Waals surface area contributed by atoms with E-state index < -0.39 is 0 Å². The maximum absolute atomic E-state index is 5.88. The highest BCUT2D eigenvalue weighted by Gasteiger charge is 2.17. The molecular formula is C12H17ClN2O2. The minimum atomic E-state index is 0.347. The Hall–Kier alpha value is -0.870. The second-order valence-electron chi connectivity index (χ2n) is 4.31. The molecule has 0 bridgehead atoms. The van der Waals surface area contributed by atoms with Crippen LogP contribution in [-0.4, -0.2) is 23.7 Å². The number of rotatable bonds is 6. The summed E-state index contributed by atoms with van der Waals surface area (Å²) in [6.07, 6.45) is 5.13. The molecule has 5 heteroatoms. The van der Waals surface area contributed by atoms with Crippen LogP contribution in [0.3, 0.4) is 0 Å². The number of ether oxygens (including phenoxy) is 2. The van der Waals surface area contributed by atoms with E-state index in [9.17, 15) is 0 Å². The van der Waals surface area contributed by atoms with Gasteiger partial charge in [0.1, 0.15) is 11.8 Å². The molecule has 0 atom stereocenters. The van der Waals surface area contributed by atoms with Gasteiger partial charge >= 0.3 is 0 Å². The molecule has 1 heterocycles. The van der Waals surface area contributed by atoms with Crippen LogP contribution < -0.4 is 4.74 Å². The summed E-state index contributed by atoms with van der Waals surface area (Å²) in [4.78, 5) is 8.26. The first kappa shape index (κ1) is 12.6. The Morgan fingerprint density at radius 3 is 2.88 bits per heavy atom. The van der Waals surface area contributed by atoms with Gasteiger partial charge in [0.25, 0.3) is 0 Å². The van der Waals surface area contributed by atoms with Crippen molar-refractivity contribution in [2.45, 2.75) is 32.3 Å². The zero-order chi connectivity index (χ0) is 12.1. The van der Waals surface area contributed by atoms with E-state index in [2.05, 4.69) is 9.97 Å². The normalized spacial score (nSPS) is 15.6. The molecule has 2 rings (SSSR count). The Morgan fingerprint density at radius 2 is 2.24 bits per heavy atom. The summed E-state index contributed by atoms with van der Waals surface area (Å²) < 4.78 is 10.6. The molecule has 0 amide bonds. The maximum Gasteiger partial charge on any atom is 0.218 e. The van der Waals surface area contributed by atoms with E-state index in [1.165, 1.54) is 19.3 Å². The van der Waals surface area contributed by atoms with Crippen molar-refractivity contribution in [3.63, 3.8) is 0 Å². The van der Waals surface area contributed by atoms with Crippen LogP contribution in [0.1, 0.15) is 31.5 Å². The number of hydrogen-bond acceptors (Lipinski definition) is 4. The van der Waals surface area contributed by atoms with Crippen molar-refractivity contribution in [3.8, 4) is 5.88 Å². The lowest BCUT2D eigenvalue weighted by molar-refractivity contribution is 0.175. The first-order valence-corrected chi connectivity index (χ1v) is 6.31. The van der Waals surface area contributed by atoms with Crippen LogP contribution in [0.2, 0.25) is 5.15 Å². The third-order valence-corrected chi connectivity index (χ3v) is 3.19. The first-order chi connectivity index (χ1) is 8.28. The van der Waals surface area contributed by atoms with Gasteiger partial charge in [-0.05, 0) is 12.3 Å². The van der Waals surface area contributed by atoms with Crippen LogP contribution in [0.4, 0.5) is 0 Å². The summed E-state index contributed by atoms with van der Waals surface area (Å²) in [7, 11) is 1.60. The molecule has 0 unspecified atom stereocenters. The molecule has 1 aliphatic carbocycles. The third kappa shape index (κ3) is 3.82. The fourth-order valence-electron chi connectivity index (χ4n) is 1.82. The Morgan fingerprint density at radius 1 is 1.41 bits per heavy atom. The van der Waals surface area contributed by atoms with Gasteiger partial charge in [0.05, 0.1) is 6.61 Å². The van der Waals surface area contributed by atoms with Gasteiger partial charge in [-0.1, -0.05) is 30.9 Å². The van der Waals surface area contributed by atoms with Gasteiger partial charge in [-0.15, -0.1) is 0 Å². The van der Waals surface area contributed by atoms with E-state index in [4.69, 9.17) is 21.1 Å². The van der Waals surface area contributed by atoms with Gasteiger partial charge in [-0.3, -0.25) is 0 Å². The van der Waals surface area contributed by atoms with Gasteiger partial charge < -0.3 is 9.47 Å². The fourth-order valence-corrected chi connectivity index (χ4v) is 2.01. The zero-order valence-electron chi connectivity index (χ0n) is 9.99. The van der Waals surface area contributed by atoms with Crippen molar-refractivity contribution >= 4 is 11.6 Å². The Labute approximate surface area is 106 Å². The molecule has 0 N–H and O–H groups in total. The van der Waals surface area contributed by atoms with E-state index in [1.54, 1.807) is 13.2 Å². The van der Waals surface area contributed by atoms with E-state index in [0.29, 0.717) is 30.1 Å². The van der Waals surface area contributed by atoms with Crippen molar-refractivity contribution in [2.75, 3.05) is 13.7 Å². The predicted octanol–water partition coefficient (Wildman–Crippen LogP) is 2.85. The van der Waals surface area contributed by atoms with Gasteiger partial charge in [0.2, 0.25) is 5.88 Å². The number of methoxy groups -OCH3 is 1. The summed E-state index contributed by atoms with van der Waals surface area (Å²) in [5.74, 6) is 1.93. The highest BCUT2D eigenvalue weighted by molar-refractivity contribution is 6.29. The molecule has 0 aliphatic heterocycles. The molecule has 94 valence electrons. The summed E-state index contributed by atoms with van der Waals surface area (Å²) in [5, 5.41) is 0.394. The van der Waals surface area contributed by atoms with Gasteiger partial charge in [0.15, 0.2) is 5.82 Å². The quantitative estimate of drug-likeness (QED) is 0.734. The Balaban J connectivity index is 1.85. The molecule has 1 aromatic heterocycles. The predicted molar refractivity (Wildman–Crippen MR) is 65.2 cm³/mol. The summed E-state index contributed by atoms with van der Waals surface area (Å²) in [5.41, 5.74) is 0. The molecule has 1 fully saturated rings. The van der Waals surface area contributed by atoms with E-state index in [0.717, 1.165) is 12.3 Å². The number of hydrogen-bond donors (Lipinski definition) is 0. The van der Waals surface area contributed by atoms with Crippen molar-refractivity contribution in [3.05, 3.63) is 17.0 Å². The van der Waals surface area contributed by atoms with Gasteiger partial charge in [-0.2, -0.15) is 4.98 Å². The van der Waals surface area contributed by atoms with E-state index >= 15 is 0 Å². The summed E-state index contributed by atoms with van der Waals surface area (Å²) >= 11 is 5.88. The highest BCUT2D eigenvalue weighted by Crippen LogP contribution is 2.29. The van der Waals surface area contributed by atoms with E-state index in [-0.39, 0.29) is 0 Å². The number of halogens is 1. The molecule has 0 spiro atoms. The highest BCUT2D eigenvalue weighted by atomic mass is 35.5. The van der Waals surface area contributed by atoms with Crippen molar-refractivity contribution in [2.24, 2.45) is 5.92 Å². The number of nitrogens with zero attached hydrogens (tertiary/aromatic N) is 2. The lowest BCUT2D eigenvalue weighted by atomic mass is 9.83. The Bertz CT molecular complexity index is 370. The molecular weight excluding hydrogens is 240 g/mol. The van der Waals surface area contributed by atoms with Crippen molar-refractivity contribution < 1.29 is 9.47 Å². The lowest BCUT2D eigenvalue weighted by Gasteiger charge is -2.24. The molecule has 0 radical (unpaired) electrons. The largest absolute Gasteiger partial charge is 0.478 e. The van der Waals surface area contributed by atoms with Gasteiger partial charge in [-0.25, -0.2) is 4.98 Å². The molecule has 1 aromatic rings. The summed E-state index contributed by atoms with van der Waals surface area (Å²) in [6, 6.07) is 1.64. The molecule has 17 heavy (non-hydrogen) atoms. The molecule has 1 saturated carbocycles. The topological polar surface area (TPSA) is 44.2 Å². The second kappa shape index (κ2) is 6.17. The van der Waals surface area contributed by atoms with Gasteiger partial charge in [0, 0.05) is 13.2 Å². The van der Waals surface area contributed by atoms with Crippen LogP contribution in [0.5, 0.6) is 5.88 Å². The molecule has 4 nitrogen and oxygen atoms in total. The maximum atomic E-state index is 5.88. The van der Waals surface area contributed by atoms with Crippen LogP contribution in [-0.2, 0) is 11.3 Å². The van der Waals surface area contributed by atoms with Crippen LogP contribution >= 0.6 is 11.6 Å². The Kier molecular flexibility index (Phi) is 4.57. The molecule has 1 aliphatic rings. The number of aromatic nitrogens is 2. The molecule has 0 saturated heterocycles. The lowest BCUT2D eigenvalue weighted by Crippen LogP contribution is -2.15. The first-order valence-electron chi connectivity index (χ1n) is 5.93. The second-order valence-corrected chi connectivity index (χ2v) is 4.70. The SMILES string of the molecule is COCc1nc(Cl)cc(OCCC2CCC2)n1. The molecule has 0 aromatic carbocycles. The minimum absolute atomic E-state index is 0.347. The standard InChI is InChI=1S/C12H17ClN2O2/c1-16-8-11-14-10(13)7-12(15-11)17-6-5-9-3-2-4-9/h7,9H,2-6,8H2,1H3. The van der Waals surface area contributed by atoms with Crippen LogP contribution in [0.15, 0.2) is 6.07 Å². The van der Waals surface area contributed by atoms with Crippen molar-refractivity contribution in [1.29, 1.82) is 0 Å². The van der Waals surface area contributed by atoms with E-state index in [1.807, 2.05) is 0 Å². The zero-order valence-corrected chi connectivity index (χ0v) is 10.7. The van der Waals surface area contributed by atoms with Crippen LogP contribution in [0, 0.1) is 5.92 Å². The monoisotopic (exact) mass is 256 g/mol. The van der Waals surface area contributed by atoms with Crippen molar-refractivity contribution in [1.82, 2.24) is 9.97 Å². The smallest absolute Gasteiger partial charge is 0.218 e. The third-order valence-electron chi connectivity index (χ3n) is 2.99. The average Bonchev–Trinajstić information content (AvgIpc) is 2.21. The fraction of sp³-hybridized carbons (Fsp3) is 0.667. The average molecular weight is 257 g/mol. The van der Waals surface area contributed by atoms with Crippen LogP contribution in [0.25, 0.3) is 0 Å². The minimum Gasteiger partial charge on any atom is -0.478 e.